The molecule has 7 amide bonds. The first-order chi connectivity index (χ1) is 29.1. The van der Waals surface area contributed by atoms with E-state index in [1.807, 2.05) is 20.1 Å². The van der Waals surface area contributed by atoms with Crippen molar-refractivity contribution in [3.05, 3.63) is 35.9 Å². The predicted octanol–water partition coefficient (Wildman–Crippen LogP) is 0.324. The summed E-state index contributed by atoms with van der Waals surface area (Å²) in [4.78, 5) is 117. The lowest BCUT2D eigenvalue weighted by atomic mass is 9.96. The molecule has 1 aromatic rings. The number of carbonyl (C=O) groups is 9. The summed E-state index contributed by atoms with van der Waals surface area (Å²) in [5.41, 5.74) is 0.618. The molecule has 0 spiro atoms. The van der Waals surface area contributed by atoms with Crippen LogP contribution in [0.5, 0.6) is 0 Å². The number of likely N-dealkylation sites (tertiary alicyclic amines) is 1. The van der Waals surface area contributed by atoms with Gasteiger partial charge in [0, 0.05) is 26.3 Å². The van der Waals surface area contributed by atoms with E-state index in [9.17, 15) is 58.5 Å². The van der Waals surface area contributed by atoms with Crippen molar-refractivity contribution in [3.63, 3.8) is 0 Å². The molecule has 0 saturated carbocycles. The van der Waals surface area contributed by atoms with Gasteiger partial charge in [-0.05, 0) is 68.4 Å². The number of aliphatic carboxylic acids is 2. The molecule has 2 rings (SSSR count). The highest BCUT2D eigenvalue weighted by Crippen LogP contribution is 2.21. The number of rotatable bonds is 26. The minimum absolute atomic E-state index is 0.0324. The summed E-state index contributed by atoms with van der Waals surface area (Å²) >= 11 is 1.47. The standard InChI is InChI=1S/C42H65N7O12S/c1-23(2)20-30(47-39(57)29(17-19-62-7)46-41(59)36(24(3)4)44-26(6)50)33(51)22-34(52)49-18-11-14-32(49)40(58)43-25(5)37(55)45-28(15-16-35(53)54)38(56)48-31(42(60)61)21-27-12-9-8-10-13-27/h8-10,12-13,23-25,28-33,36,51H,11,14-22H2,1-7H3,(H,43,58)(H,44,50)(H,45,55)(H,46,59)(H,47,57)(H,48,56)(H,53,54)(H,60,61)/t25-,28-,29-,30?,31-,32+,33?,36-/m0/s1. The third-order valence-electron chi connectivity index (χ3n) is 10.3. The molecule has 0 aromatic heterocycles. The van der Waals surface area contributed by atoms with Gasteiger partial charge in [0.1, 0.15) is 36.3 Å². The summed E-state index contributed by atoms with van der Waals surface area (Å²) in [6.07, 6.45) is 0.223. The molecule has 19 nitrogen and oxygen atoms in total. The SMILES string of the molecule is CSCC[C@H](NC(=O)[C@@H](NC(C)=O)C(C)C)C(=O)NC(CC(C)C)C(O)CC(=O)N1CCC[C@@H]1C(=O)N[C@@H](C)C(=O)N[C@@H](CCC(=O)O)C(=O)N[C@@H](Cc1ccccc1)C(=O)O. The number of aliphatic hydroxyl groups excluding tert-OH is 1. The number of hydrogen-bond donors (Lipinski definition) is 9. The molecule has 346 valence electrons. The number of carboxylic acid groups (broad SMARTS) is 2. The monoisotopic (exact) mass is 891 g/mol. The molecule has 0 radical (unpaired) electrons. The minimum Gasteiger partial charge on any atom is -0.481 e. The lowest BCUT2D eigenvalue weighted by Crippen LogP contribution is -2.58. The molecule has 0 aliphatic carbocycles. The molecular weight excluding hydrogens is 827 g/mol. The van der Waals surface area contributed by atoms with Crippen molar-refractivity contribution in [3.8, 4) is 0 Å². The fourth-order valence-corrected chi connectivity index (χ4v) is 7.40. The molecule has 1 aromatic carbocycles. The van der Waals surface area contributed by atoms with Crippen LogP contribution >= 0.6 is 11.8 Å². The van der Waals surface area contributed by atoms with E-state index >= 15 is 0 Å². The average molecular weight is 892 g/mol. The Kier molecular flexibility index (Phi) is 22.4. The van der Waals surface area contributed by atoms with Gasteiger partial charge in [0.2, 0.25) is 41.4 Å². The normalized spacial score (nSPS) is 17.1. The first-order valence-corrected chi connectivity index (χ1v) is 22.3. The molecule has 8 atom stereocenters. The van der Waals surface area contributed by atoms with Crippen LogP contribution < -0.4 is 31.9 Å². The summed E-state index contributed by atoms with van der Waals surface area (Å²) in [6, 6.07) is 0.561. The van der Waals surface area contributed by atoms with Crippen LogP contribution in [0.1, 0.15) is 92.1 Å². The van der Waals surface area contributed by atoms with Gasteiger partial charge in [0.15, 0.2) is 0 Å². The molecule has 1 saturated heterocycles. The third kappa shape index (κ3) is 18.0. The van der Waals surface area contributed by atoms with Gasteiger partial charge in [-0.2, -0.15) is 11.8 Å². The molecule has 1 aliphatic rings. The van der Waals surface area contributed by atoms with Crippen molar-refractivity contribution in [2.24, 2.45) is 11.8 Å². The van der Waals surface area contributed by atoms with Crippen molar-refractivity contribution in [1.29, 1.82) is 0 Å². The van der Waals surface area contributed by atoms with E-state index in [0.29, 0.717) is 17.7 Å². The smallest absolute Gasteiger partial charge is 0.326 e. The van der Waals surface area contributed by atoms with Crippen molar-refractivity contribution in [2.45, 2.75) is 141 Å². The highest BCUT2D eigenvalue weighted by molar-refractivity contribution is 7.98. The Labute approximate surface area is 367 Å². The number of nitrogens with zero attached hydrogens (tertiary/aromatic N) is 1. The van der Waals surface area contributed by atoms with Crippen LogP contribution in [-0.2, 0) is 49.6 Å². The molecule has 9 N–H and O–H groups in total. The fourth-order valence-electron chi connectivity index (χ4n) is 6.93. The summed E-state index contributed by atoms with van der Waals surface area (Å²) in [6.45, 7) is 10.1. The van der Waals surface area contributed by atoms with Gasteiger partial charge in [-0.3, -0.25) is 38.4 Å². The first-order valence-electron chi connectivity index (χ1n) is 20.9. The number of carbonyl (C=O) groups excluding carboxylic acids is 7. The number of nitrogens with one attached hydrogen (secondary N) is 6. The summed E-state index contributed by atoms with van der Waals surface area (Å²) in [5, 5.41) is 45.9. The second kappa shape index (κ2) is 26.3. The van der Waals surface area contributed by atoms with E-state index in [1.54, 1.807) is 44.2 Å². The lowest BCUT2D eigenvalue weighted by molar-refractivity contribution is -0.143. The van der Waals surface area contributed by atoms with E-state index in [2.05, 4.69) is 31.9 Å². The molecule has 20 heteroatoms. The Balaban J connectivity index is 2.13. The van der Waals surface area contributed by atoms with Gasteiger partial charge in [0.25, 0.3) is 0 Å². The lowest BCUT2D eigenvalue weighted by Gasteiger charge is -2.31. The molecule has 62 heavy (non-hydrogen) atoms. The van der Waals surface area contributed by atoms with Gasteiger partial charge in [0.05, 0.1) is 18.6 Å². The van der Waals surface area contributed by atoms with Crippen LogP contribution in [0.3, 0.4) is 0 Å². The van der Waals surface area contributed by atoms with Gasteiger partial charge in [-0.15, -0.1) is 0 Å². The van der Waals surface area contributed by atoms with Crippen LogP contribution in [0.15, 0.2) is 30.3 Å². The highest BCUT2D eigenvalue weighted by Gasteiger charge is 2.38. The number of benzene rings is 1. The maximum Gasteiger partial charge on any atom is 0.326 e. The first kappa shape index (κ1) is 52.9. The molecule has 1 aliphatic heterocycles. The summed E-state index contributed by atoms with van der Waals surface area (Å²) < 4.78 is 0. The molecule has 1 heterocycles. The Morgan fingerprint density at radius 3 is 1.94 bits per heavy atom. The van der Waals surface area contributed by atoms with Crippen molar-refractivity contribution in [1.82, 2.24) is 36.8 Å². The zero-order valence-electron chi connectivity index (χ0n) is 36.6. The molecule has 0 bridgehead atoms. The Bertz CT molecular complexity index is 1720. The van der Waals surface area contributed by atoms with Crippen LogP contribution in [0.4, 0.5) is 0 Å². The number of carboxylic acids is 2. The van der Waals surface area contributed by atoms with Crippen LogP contribution in [0.25, 0.3) is 0 Å². The van der Waals surface area contributed by atoms with Crippen LogP contribution in [-0.4, -0.2) is 140 Å². The molecule has 1 fully saturated rings. The number of hydrogen-bond acceptors (Lipinski definition) is 11. The predicted molar refractivity (Wildman–Crippen MR) is 230 cm³/mol. The number of aliphatic hydroxyl groups is 1. The number of amides is 7. The van der Waals surface area contributed by atoms with Crippen LogP contribution in [0, 0.1) is 11.8 Å². The zero-order valence-corrected chi connectivity index (χ0v) is 37.4. The van der Waals surface area contributed by atoms with Crippen LogP contribution in [0.2, 0.25) is 0 Å². The van der Waals surface area contributed by atoms with Crippen molar-refractivity contribution >= 4 is 65.1 Å². The van der Waals surface area contributed by atoms with Gasteiger partial charge < -0.3 is 52.1 Å². The largest absolute Gasteiger partial charge is 0.481 e. The average Bonchev–Trinajstić information content (AvgIpc) is 3.70. The molecular formula is C42H65N7O12S. The van der Waals surface area contributed by atoms with Crippen molar-refractivity contribution in [2.75, 3.05) is 18.6 Å². The Hall–Kier alpha value is -5.24. The van der Waals surface area contributed by atoms with Crippen molar-refractivity contribution < 1.29 is 58.5 Å². The number of thioether (sulfide) groups is 1. The Morgan fingerprint density at radius 1 is 0.774 bits per heavy atom. The zero-order chi connectivity index (χ0) is 46.7. The van der Waals surface area contributed by atoms with E-state index < -0.39 is 115 Å². The summed E-state index contributed by atoms with van der Waals surface area (Å²) in [5.74, 6) is -6.96. The van der Waals surface area contributed by atoms with Gasteiger partial charge in [-0.1, -0.05) is 58.0 Å². The second-order valence-corrected chi connectivity index (χ2v) is 17.3. The minimum atomic E-state index is -1.46. The topological polar surface area (TPSA) is 290 Å². The quantitative estimate of drug-likeness (QED) is 0.0607. The second-order valence-electron chi connectivity index (χ2n) is 16.3. The maximum atomic E-state index is 13.7. The van der Waals surface area contributed by atoms with Gasteiger partial charge >= 0.3 is 11.9 Å². The fraction of sp³-hybridized carbons (Fsp3) is 0.643. The van der Waals surface area contributed by atoms with E-state index in [0.717, 1.165) is 0 Å². The van der Waals surface area contributed by atoms with E-state index in [1.165, 1.54) is 30.5 Å². The van der Waals surface area contributed by atoms with Gasteiger partial charge in [-0.25, -0.2) is 4.79 Å². The Morgan fingerprint density at radius 2 is 1.37 bits per heavy atom. The highest BCUT2D eigenvalue weighted by atomic mass is 32.2. The third-order valence-corrected chi connectivity index (χ3v) is 10.9. The van der Waals surface area contributed by atoms with E-state index in [4.69, 9.17) is 0 Å². The van der Waals surface area contributed by atoms with E-state index in [-0.39, 0.29) is 50.5 Å². The summed E-state index contributed by atoms with van der Waals surface area (Å²) in [7, 11) is 0. The maximum absolute atomic E-state index is 13.7. The molecule has 2 unspecified atom stereocenters.